The topological polar surface area (TPSA) is 221 Å². The molecule has 0 bridgehead atoms. The Morgan fingerprint density at radius 1 is 0.543 bits per heavy atom. The van der Waals surface area contributed by atoms with Crippen LogP contribution in [0.25, 0.3) is 0 Å². The number of hydrogen-bond acceptors (Lipinski definition) is 15. The van der Waals surface area contributed by atoms with Crippen molar-refractivity contribution in [2.45, 2.75) is 69.2 Å². The minimum absolute atomic E-state index is 0.0416. The third kappa shape index (κ3) is 11.5. The van der Waals surface area contributed by atoms with Gasteiger partial charge in [0.2, 0.25) is 0 Å². The number of rotatable bonds is 18. The van der Waals surface area contributed by atoms with Crippen LogP contribution in [0.3, 0.4) is 0 Å². The monoisotopic (exact) mass is 1110 g/mol. The van der Waals surface area contributed by atoms with Gasteiger partial charge in [-0.15, -0.1) is 9.05 Å². The lowest BCUT2D eigenvalue weighted by Gasteiger charge is -2.37. The normalized spacial score (nSPS) is 19.0. The van der Waals surface area contributed by atoms with E-state index in [4.69, 9.17) is 32.7 Å². The number of ether oxygens (including phenoxy) is 5. The second-order valence-corrected chi connectivity index (χ2v) is 20.2. The van der Waals surface area contributed by atoms with Crippen LogP contribution in [0.15, 0.2) is 207 Å². The van der Waals surface area contributed by atoms with Crippen molar-refractivity contribution < 1.29 is 51.7 Å². The van der Waals surface area contributed by atoms with E-state index in [1.807, 2.05) is 84.9 Å². The molecular formula is C61H54N4O15P+. The van der Waals surface area contributed by atoms with Gasteiger partial charge in [0.25, 0.3) is 22.9 Å². The van der Waals surface area contributed by atoms with Crippen molar-refractivity contribution in [1.82, 2.24) is 18.3 Å². The molecule has 0 aliphatic carbocycles. The summed E-state index contributed by atoms with van der Waals surface area (Å²) in [5, 5.41) is 0. The van der Waals surface area contributed by atoms with Crippen molar-refractivity contribution >= 4 is 26.0 Å². The first-order valence-corrected chi connectivity index (χ1v) is 27.0. The molecule has 7 atom stereocenters. The number of aromatic nitrogens is 4. The SMILES string of the molecule is COc1ccc(C(OC[C@H]2O[C@@H](n3cc(C)c(=O)n(C(=O)c4ccccc4)c3=O)C[C@@H]2O[P+](=O)OC[C@H]2O[C@@H](n3cc(C)c(=O)n(C(=O)c4ccccc4)c3=O)C[C@@H]2OC(=O)c2ccccc2)(c2ccccc2)c2ccccc2)cc1. The highest BCUT2D eigenvalue weighted by Gasteiger charge is 2.48. The van der Waals surface area contributed by atoms with Gasteiger partial charge < -0.3 is 23.7 Å². The second-order valence-electron chi connectivity index (χ2n) is 19.3. The number of carbonyl (C=O) groups is 3. The maximum Gasteiger partial charge on any atom is 0.697 e. The molecule has 0 saturated carbocycles. The molecule has 19 nitrogen and oxygen atoms in total. The van der Waals surface area contributed by atoms with Gasteiger partial charge in [0.15, 0.2) is 0 Å². The highest BCUT2D eigenvalue weighted by atomic mass is 31.1. The first-order valence-electron chi connectivity index (χ1n) is 25.9. The molecule has 8 aromatic rings. The van der Waals surface area contributed by atoms with E-state index >= 15 is 0 Å². The van der Waals surface area contributed by atoms with Crippen LogP contribution in [0, 0.1) is 13.8 Å². The molecular weight excluding hydrogens is 1060 g/mol. The van der Waals surface area contributed by atoms with Gasteiger partial charge >= 0.3 is 25.6 Å². The third-order valence-electron chi connectivity index (χ3n) is 14.2. The van der Waals surface area contributed by atoms with Gasteiger partial charge in [-0.05, 0) is 79.1 Å². The summed E-state index contributed by atoms with van der Waals surface area (Å²) in [5.74, 6) is -1.85. The molecule has 20 heteroatoms. The standard InChI is InChI=1S/C61H54N4O15P/c1-39-35-62(59(71)64(54(39)66)56(68)41-19-9-4-10-20-41)52-33-48(79-58(70)43-23-13-6-14-24-43)51(78-52)38-76-81(73)80-49-34-53(63-36-40(2)55(67)65(60(63)72)57(69)42-21-11-5-12-22-42)77-50(49)37-75-61(44-25-15-7-16-26-44,45-27-17-8-18-28-45)46-29-31-47(74-3)32-30-46/h4-32,35-36,48-53H,33-34,37-38H2,1-3H3/q+1/t48-,49-,50+,51+,52+,53+/m0/s1. The molecule has 2 fully saturated rings. The van der Waals surface area contributed by atoms with Crippen LogP contribution in [-0.2, 0) is 38.2 Å². The molecule has 10 rings (SSSR count). The lowest BCUT2D eigenvalue weighted by Crippen LogP contribution is -2.45. The number of hydrogen-bond donors (Lipinski definition) is 0. The molecule has 2 saturated heterocycles. The molecule has 2 aliphatic heterocycles. The van der Waals surface area contributed by atoms with E-state index in [0.29, 0.717) is 20.4 Å². The molecule has 4 heterocycles. The molecule has 81 heavy (non-hydrogen) atoms. The van der Waals surface area contributed by atoms with Crippen LogP contribution in [0.1, 0.15) is 84.2 Å². The van der Waals surface area contributed by atoms with Crippen LogP contribution in [0.5, 0.6) is 5.75 Å². The molecule has 0 spiro atoms. The third-order valence-corrected chi connectivity index (χ3v) is 15.0. The number of carbonyl (C=O) groups excluding carboxylic acids is 3. The Hall–Kier alpha value is -8.81. The Balaban J connectivity index is 0.970. The first kappa shape index (κ1) is 55.5. The lowest BCUT2D eigenvalue weighted by atomic mass is 9.80. The number of aryl methyl sites for hydroxylation is 2. The zero-order valence-electron chi connectivity index (χ0n) is 44.1. The van der Waals surface area contributed by atoms with Crippen molar-refractivity contribution in [3.05, 3.63) is 275 Å². The fourth-order valence-corrected chi connectivity index (χ4v) is 10.8. The van der Waals surface area contributed by atoms with Gasteiger partial charge in [0, 0.05) is 52.1 Å². The van der Waals surface area contributed by atoms with Gasteiger partial charge in [0.1, 0.15) is 54.8 Å². The largest absolute Gasteiger partial charge is 0.697 e. The summed E-state index contributed by atoms with van der Waals surface area (Å²) in [6.45, 7) is 2.09. The van der Waals surface area contributed by atoms with Crippen molar-refractivity contribution in [3.63, 3.8) is 0 Å². The molecule has 2 aromatic heterocycles. The molecule has 1 unspecified atom stereocenters. The van der Waals surface area contributed by atoms with Gasteiger partial charge in [-0.1, -0.05) is 127 Å². The van der Waals surface area contributed by atoms with Gasteiger partial charge in [-0.2, -0.15) is 9.13 Å². The maximum absolute atomic E-state index is 14.4. The van der Waals surface area contributed by atoms with Gasteiger partial charge in [-0.25, -0.2) is 14.4 Å². The fraction of sp³-hybridized carbons (Fsp3) is 0.230. The Labute approximate surface area is 464 Å². The van der Waals surface area contributed by atoms with E-state index in [2.05, 4.69) is 0 Å². The quantitative estimate of drug-likeness (QED) is 0.0453. The minimum atomic E-state index is -3.15. The van der Waals surface area contributed by atoms with Gasteiger partial charge in [-0.3, -0.25) is 28.3 Å². The van der Waals surface area contributed by atoms with Crippen molar-refractivity contribution in [1.29, 1.82) is 0 Å². The second kappa shape index (κ2) is 24.3. The summed E-state index contributed by atoms with van der Waals surface area (Å²) >= 11 is 0. The smallest absolute Gasteiger partial charge is 0.497 e. The average molecular weight is 1110 g/mol. The molecule has 412 valence electrons. The molecule has 0 radical (unpaired) electrons. The summed E-state index contributed by atoms with van der Waals surface area (Å²) < 4.78 is 61.4. The predicted molar refractivity (Wildman–Crippen MR) is 295 cm³/mol. The summed E-state index contributed by atoms with van der Waals surface area (Å²) in [5.41, 5.74) is -2.33. The van der Waals surface area contributed by atoms with Crippen LogP contribution in [0.4, 0.5) is 0 Å². The molecule has 6 aromatic carbocycles. The Bertz CT molecular complexity index is 3800. The van der Waals surface area contributed by atoms with Crippen LogP contribution < -0.4 is 27.2 Å². The predicted octanol–water partition coefficient (Wildman–Crippen LogP) is 7.90. The first-order chi connectivity index (χ1) is 39.2. The van der Waals surface area contributed by atoms with Crippen LogP contribution >= 0.6 is 8.25 Å². The van der Waals surface area contributed by atoms with Crippen LogP contribution in [0.2, 0.25) is 0 Å². The maximum atomic E-state index is 14.4. The highest BCUT2D eigenvalue weighted by molar-refractivity contribution is 7.33. The molecule has 0 amide bonds. The Morgan fingerprint density at radius 2 is 0.951 bits per heavy atom. The van der Waals surface area contributed by atoms with Crippen LogP contribution in [-0.4, -0.2) is 80.8 Å². The fourth-order valence-electron chi connectivity index (χ4n) is 10.0. The molecule has 0 N–H and O–H groups in total. The zero-order valence-corrected chi connectivity index (χ0v) is 44.9. The Kier molecular flexibility index (Phi) is 16.6. The number of benzene rings is 6. The van der Waals surface area contributed by atoms with E-state index in [1.54, 1.807) is 73.8 Å². The van der Waals surface area contributed by atoms with E-state index in [-0.39, 0.29) is 47.3 Å². The van der Waals surface area contributed by atoms with E-state index in [9.17, 15) is 38.1 Å². The van der Waals surface area contributed by atoms with Crippen molar-refractivity contribution in [2.24, 2.45) is 0 Å². The summed E-state index contributed by atoms with van der Waals surface area (Å²) in [6, 6.07) is 50.1. The Morgan fingerprint density at radius 3 is 1.41 bits per heavy atom. The lowest BCUT2D eigenvalue weighted by molar-refractivity contribution is -0.0928. The van der Waals surface area contributed by atoms with E-state index in [1.165, 1.54) is 50.5 Å². The minimum Gasteiger partial charge on any atom is -0.497 e. The highest BCUT2D eigenvalue weighted by Crippen LogP contribution is 2.44. The summed E-state index contributed by atoms with van der Waals surface area (Å²) in [4.78, 5) is 96.5. The van der Waals surface area contributed by atoms with Gasteiger partial charge in [0.05, 0.1) is 19.3 Å². The van der Waals surface area contributed by atoms with Crippen molar-refractivity contribution in [2.75, 3.05) is 20.3 Å². The van der Waals surface area contributed by atoms with Crippen molar-refractivity contribution in [3.8, 4) is 5.75 Å². The number of esters is 1. The summed E-state index contributed by atoms with van der Waals surface area (Å²) in [6.07, 6.45) is -4.91. The van der Waals surface area contributed by atoms with E-state index < -0.39 is 97.6 Å². The number of nitrogens with zero attached hydrogens (tertiary/aromatic N) is 4. The van der Waals surface area contributed by atoms with E-state index in [0.717, 1.165) is 20.3 Å². The summed E-state index contributed by atoms with van der Waals surface area (Å²) in [7, 11) is -1.58. The molecule has 2 aliphatic rings. The average Bonchev–Trinajstić information content (AvgIpc) is 4.31. The number of methoxy groups -OCH3 is 1. The zero-order chi connectivity index (χ0) is 56.8.